The molecule has 276 valence electrons. The Morgan fingerprint density at radius 3 is 1.98 bits per heavy atom. The van der Waals surface area contributed by atoms with Gasteiger partial charge in [-0.15, -0.1) is 0 Å². The second kappa shape index (κ2) is 15.4. The lowest BCUT2D eigenvalue weighted by atomic mass is 9.85. The average Bonchev–Trinajstić information content (AvgIpc) is 3.27. The molecule has 0 aromatic heterocycles. The van der Waals surface area contributed by atoms with Crippen LogP contribution < -0.4 is 21.3 Å². The van der Waals surface area contributed by atoms with Crippen LogP contribution in [0, 0.1) is 28.1 Å². The lowest BCUT2D eigenvalue weighted by Gasteiger charge is -2.39. The van der Waals surface area contributed by atoms with Crippen molar-refractivity contribution < 1.29 is 32.4 Å². The van der Waals surface area contributed by atoms with Crippen LogP contribution in [0.15, 0.2) is 0 Å². The molecule has 1 aliphatic carbocycles. The Kier molecular flexibility index (Phi) is 13.3. The van der Waals surface area contributed by atoms with Crippen molar-refractivity contribution in [1.29, 1.82) is 0 Å². The van der Waals surface area contributed by atoms with Crippen LogP contribution in [0.2, 0.25) is 0 Å². The Bertz CT molecular complexity index is 1320. The fraction of sp³-hybridized carbons (Fsp3) is 0.848. The van der Waals surface area contributed by atoms with Crippen LogP contribution in [0.5, 0.6) is 0 Å². The van der Waals surface area contributed by atoms with Crippen molar-refractivity contribution in [3.05, 3.63) is 0 Å². The smallest absolute Gasteiger partial charge is 0.315 e. The lowest BCUT2D eigenvalue weighted by molar-refractivity contribution is -0.145. The predicted molar refractivity (Wildman–Crippen MR) is 185 cm³/mol. The first-order valence-corrected chi connectivity index (χ1v) is 18.4. The van der Waals surface area contributed by atoms with Crippen molar-refractivity contribution >= 4 is 39.7 Å². The maximum Gasteiger partial charge on any atom is 0.315 e. The van der Waals surface area contributed by atoms with Gasteiger partial charge in [0, 0.05) is 46.8 Å². The number of nitrogens with zero attached hydrogens (tertiary/aromatic N) is 3. The van der Waals surface area contributed by atoms with E-state index in [0.29, 0.717) is 19.4 Å². The molecule has 1 aliphatic heterocycles. The van der Waals surface area contributed by atoms with Gasteiger partial charge >= 0.3 is 6.03 Å². The summed E-state index contributed by atoms with van der Waals surface area (Å²) in [6.45, 7) is 19.4. The molecule has 1 saturated heterocycles. The zero-order chi connectivity index (χ0) is 37.2. The number of likely N-dealkylation sites (N-methyl/N-ethyl adjacent to an activating group) is 2. The van der Waals surface area contributed by atoms with E-state index in [2.05, 4.69) is 21.3 Å². The van der Waals surface area contributed by atoms with Gasteiger partial charge in [0.15, 0.2) is 0 Å². The summed E-state index contributed by atoms with van der Waals surface area (Å²) in [6, 6.07) is -4.20. The molecule has 0 aromatic rings. The average molecular weight is 700 g/mol. The number of amides is 5. The molecule has 0 aromatic carbocycles. The number of piperidine rings is 1. The van der Waals surface area contributed by atoms with E-state index in [9.17, 15) is 32.4 Å². The summed E-state index contributed by atoms with van der Waals surface area (Å²) in [5.74, 6) is -2.49. The van der Waals surface area contributed by atoms with E-state index in [4.69, 9.17) is 0 Å². The van der Waals surface area contributed by atoms with Crippen molar-refractivity contribution in [2.24, 2.45) is 28.1 Å². The number of nitrogens with one attached hydrogen (secondary N) is 4. The van der Waals surface area contributed by atoms with E-state index in [1.807, 2.05) is 62.3 Å². The van der Waals surface area contributed by atoms with E-state index in [1.54, 1.807) is 6.92 Å². The molecule has 1 unspecified atom stereocenters. The van der Waals surface area contributed by atoms with Crippen molar-refractivity contribution in [2.45, 2.75) is 113 Å². The molecular formula is C33H61N7O7S. The van der Waals surface area contributed by atoms with Crippen LogP contribution in [0.3, 0.4) is 0 Å². The van der Waals surface area contributed by atoms with E-state index in [1.165, 1.54) is 30.3 Å². The number of unbranched alkanes of at least 4 members (excludes halogenated alkanes) is 1. The molecule has 1 heterocycles. The number of urea groups is 1. The summed E-state index contributed by atoms with van der Waals surface area (Å²) in [7, 11) is 0.566. The fourth-order valence-corrected chi connectivity index (χ4v) is 7.36. The van der Waals surface area contributed by atoms with Gasteiger partial charge in [0.25, 0.3) is 16.1 Å². The molecule has 0 radical (unpaired) electrons. The second-order valence-electron chi connectivity index (χ2n) is 16.2. The maximum absolute atomic E-state index is 14.4. The van der Waals surface area contributed by atoms with E-state index in [-0.39, 0.29) is 30.3 Å². The summed E-state index contributed by atoms with van der Waals surface area (Å²) in [5.41, 5.74) is -1.51. The molecule has 15 heteroatoms. The Hall–Kier alpha value is -2.78. The molecule has 2 fully saturated rings. The predicted octanol–water partition coefficient (Wildman–Crippen LogP) is 1.72. The Labute approximate surface area is 288 Å². The maximum atomic E-state index is 14.4. The number of hydrogen-bond acceptors (Lipinski definition) is 7. The molecule has 48 heavy (non-hydrogen) atoms. The summed E-state index contributed by atoms with van der Waals surface area (Å²) in [5, 5.41) is 11.1. The quantitative estimate of drug-likeness (QED) is 0.188. The highest BCUT2D eigenvalue weighted by atomic mass is 32.2. The monoisotopic (exact) mass is 699 g/mol. The van der Waals surface area contributed by atoms with Gasteiger partial charge in [-0.05, 0) is 41.4 Å². The molecule has 0 spiro atoms. The molecule has 2 aliphatic rings. The lowest BCUT2D eigenvalue weighted by Crippen LogP contribution is -2.62. The van der Waals surface area contributed by atoms with Crippen molar-refractivity contribution in [3.63, 3.8) is 0 Å². The molecule has 6 atom stereocenters. The third-order valence-corrected chi connectivity index (χ3v) is 11.7. The van der Waals surface area contributed by atoms with E-state index < -0.39 is 74.7 Å². The van der Waals surface area contributed by atoms with Crippen LogP contribution in [0.25, 0.3) is 0 Å². The summed E-state index contributed by atoms with van der Waals surface area (Å²) >= 11 is 0. The highest BCUT2D eigenvalue weighted by molar-refractivity contribution is 7.86. The first kappa shape index (κ1) is 41.4. The van der Waals surface area contributed by atoms with Crippen LogP contribution in [0.4, 0.5) is 4.79 Å². The van der Waals surface area contributed by atoms with Gasteiger partial charge in [-0.3, -0.25) is 19.2 Å². The van der Waals surface area contributed by atoms with Crippen LogP contribution in [-0.2, 0) is 29.4 Å². The number of carbonyl (C=O) groups excluding carboxylic acids is 5. The third kappa shape index (κ3) is 9.46. The van der Waals surface area contributed by atoms with Gasteiger partial charge < -0.3 is 26.2 Å². The molecule has 4 N–H and O–H groups in total. The number of hydrogen-bond donors (Lipinski definition) is 4. The number of fused-ring (bicyclic) bond motifs is 1. The molecule has 5 amide bonds. The summed E-state index contributed by atoms with van der Waals surface area (Å²) in [4.78, 5) is 68.8. The number of ketones is 1. The van der Waals surface area contributed by atoms with Crippen LogP contribution in [-0.4, -0.2) is 116 Å². The molecule has 2 rings (SSSR count). The van der Waals surface area contributed by atoms with Gasteiger partial charge in [0.2, 0.25) is 17.6 Å². The molecule has 1 saturated carbocycles. The fourth-order valence-electron chi connectivity index (χ4n) is 6.46. The van der Waals surface area contributed by atoms with Gasteiger partial charge in [-0.1, -0.05) is 75.2 Å². The standard InChI is InChI=1S/C33H61N7O7S/c1-14-16-17-21(25(41)28(43)34-15-2)35-27(42)24-23-20(33(23,9)10)18-40(24)29(44)26(32(6,7)8)37-30(45)36-22(31(3,4)5)19-39(13)48(46,47)38(11)12/h20-24,26H,14-19H2,1-13H3,(H,34,43)(H,35,42)(H2,36,37,45)/t20-,21?,22+,23-,24-,26+/m0/s1. The van der Waals surface area contributed by atoms with Gasteiger partial charge in [0.05, 0.1) is 6.04 Å². The summed E-state index contributed by atoms with van der Waals surface area (Å²) < 4.78 is 27.7. The normalized spacial score (nSPS) is 22.4. The number of rotatable bonds is 15. The minimum absolute atomic E-state index is 0.00737. The van der Waals surface area contributed by atoms with Crippen LogP contribution in [0.1, 0.15) is 88.5 Å². The van der Waals surface area contributed by atoms with E-state index in [0.717, 1.165) is 10.7 Å². The van der Waals surface area contributed by atoms with E-state index >= 15 is 0 Å². The van der Waals surface area contributed by atoms with Gasteiger partial charge in [-0.2, -0.15) is 17.0 Å². The molecule has 0 bridgehead atoms. The largest absolute Gasteiger partial charge is 0.350 e. The number of likely N-dealkylation sites (tertiary alicyclic amines) is 1. The second-order valence-corrected chi connectivity index (χ2v) is 18.5. The SMILES string of the molecule is CCCCC(NC(=O)[C@@H]1[C@@H]2[C@H](CN1C(=O)[C@@H](NC(=O)N[C@H](CN(C)S(=O)(=O)N(C)C)C(C)(C)C)C(C)(C)C)C2(C)C)C(=O)C(=O)NCC. The highest BCUT2D eigenvalue weighted by Crippen LogP contribution is 2.65. The van der Waals surface area contributed by atoms with Crippen molar-refractivity contribution in [1.82, 2.24) is 34.8 Å². The number of Topliss-reactive ketones (excluding diaryl/α,β-unsaturated/α-hetero) is 1. The van der Waals surface area contributed by atoms with Crippen LogP contribution >= 0.6 is 0 Å². The minimum atomic E-state index is -3.74. The van der Waals surface area contributed by atoms with Gasteiger partial charge in [-0.25, -0.2) is 4.79 Å². The van der Waals surface area contributed by atoms with Crippen molar-refractivity contribution in [2.75, 3.05) is 40.8 Å². The summed E-state index contributed by atoms with van der Waals surface area (Å²) in [6.07, 6.45) is 1.68. The molecular weight excluding hydrogens is 638 g/mol. The topological polar surface area (TPSA) is 177 Å². The minimum Gasteiger partial charge on any atom is -0.350 e. The Morgan fingerprint density at radius 2 is 1.50 bits per heavy atom. The third-order valence-electron chi connectivity index (χ3n) is 9.83. The first-order chi connectivity index (χ1) is 21.8. The highest BCUT2D eigenvalue weighted by Gasteiger charge is 2.70. The number of carbonyl (C=O) groups is 5. The molecule has 14 nitrogen and oxygen atoms in total. The zero-order valence-corrected chi connectivity index (χ0v) is 32.1. The Balaban J connectivity index is 2.35. The van der Waals surface area contributed by atoms with Gasteiger partial charge in [0.1, 0.15) is 12.1 Å². The zero-order valence-electron chi connectivity index (χ0n) is 31.3. The van der Waals surface area contributed by atoms with Crippen molar-refractivity contribution in [3.8, 4) is 0 Å². The first-order valence-electron chi connectivity index (χ1n) is 17.0. The Morgan fingerprint density at radius 1 is 0.917 bits per heavy atom.